The van der Waals surface area contributed by atoms with E-state index in [-0.39, 0.29) is 11.8 Å². The third-order valence-electron chi connectivity index (χ3n) is 3.07. The van der Waals surface area contributed by atoms with Crippen LogP contribution in [0.25, 0.3) is 0 Å². The minimum absolute atomic E-state index is 0.0557. The Balaban J connectivity index is 2.29. The average molecular weight is 210 g/mol. The Morgan fingerprint density at radius 3 is 2.73 bits per heavy atom. The lowest BCUT2D eigenvalue weighted by Crippen LogP contribution is -2.29. The van der Waals surface area contributed by atoms with Crippen LogP contribution in [0.3, 0.4) is 0 Å². The van der Waals surface area contributed by atoms with Gasteiger partial charge in [-0.2, -0.15) is 0 Å². The molecule has 0 unspecified atom stereocenters. The Morgan fingerprint density at radius 2 is 2.20 bits per heavy atom. The number of carbonyl (C=O) groups is 1. The number of likely N-dealkylation sites (tertiary alicyclic amines) is 1. The first-order chi connectivity index (χ1) is 7.15. The number of nitrogens with two attached hydrogens (primary N) is 1. The van der Waals surface area contributed by atoms with Gasteiger partial charge >= 0.3 is 0 Å². The molecule has 1 heterocycles. The summed E-state index contributed by atoms with van der Waals surface area (Å²) in [7, 11) is 0. The van der Waals surface area contributed by atoms with Gasteiger partial charge in [0.2, 0.25) is 5.91 Å². The van der Waals surface area contributed by atoms with Gasteiger partial charge in [-0.15, -0.1) is 0 Å². The molecular formula is C12H22N2O. The van der Waals surface area contributed by atoms with Crippen molar-refractivity contribution in [3.63, 3.8) is 0 Å². The lowest BCUT2D eigenvalue weighted by Gasteiger charge is -2.13. The van der Waals surface area contributed by atoms with E-state index in [4.69, 9.17) is 5.73 Å². The summed E-state index contributed by atoms with van der Waals surface area (Å²) in [6, 6.07) is 0. The molecule has 1 fully saturated rings. The van der Waals surface area contributed by atoms with Gasteiger partial charge in [-0.25, -0.2) is 0 Å². The summed E-state index contributed by atoms with van der Waals surface area (Å²) in [5, 5.41) is 0. The molecule has 1 amide bonds. The van der Waals surface area contributed by atoms with Crippen LogP contribution in [0.4, 0.5) is 0 Å². The molecular weight excluding hydrogens is 188 g/mol. The lowest BCUT2D eigenvalue weighted by atomic mass is 9.98. The fraction of sp³-hybridized carbons (Fsp3) is 0.750. The van der Waals surface area contributed by atoms with Crippen LogP contribution in [0.5, 0.6) is 0 Å². The normalized spacial score (nSPS) is 27.6. The van der Waals surface area contributed by atoms with Gasteiger partial charge in [0, 0.05) is 19.6 Å². The smallest absolute Gasteiger partial charge is 0.222 e. The van der Waals surface area contributed by atoms with Gasteiger partial charge in [0.15, 0.2) is 0 Å². The molecule has 0 bridgehead atoms. The van der Waals surface area contributed by atoms with E-state index in [1.165, 1.54) is 0 Å². The molecule has 3 heteroatoms. The highest BCUT2D eigenvalue weighted by Gasteiger charge is 2.32. The molecule has 0 aromatic carbocycles. The summed E-state index contributed by atoms with van der Waals surface area (Å²) >= 11 is 0. The largest absolute Gasteiger partial charge is 0.369 e. The number of carbonyl (C=O) groups excluding carboxylic acids is 1. The van der Waals surface area contributed by atoms with Crippen molar-refractivity contribution >= 4 is 5.91 Å². The van der Waals surface area contributed by atoms with Crippen LogP contribution in [-0.4, -0.2) is 30.4 Å². The van der Waals surface area contributed by atoms with Crippen molar-refractivity contribution < 1.29 is 4.79 Å². The van der Waals surface area contributed by atoms with E-state index in [0.29, 0.717) is 5.92 Å². The number of rotatable bonds is 5. The molecule has 2 N–H and O–H groups in total. The Kier molecular flexibility index (Phi) is 4.82. The molecule has 0 aromatic rings. The maximum Gasteiger partial charge on any atom is 0.222 e. The van der Waals surface area contributed by atoms with Crippen molar-refractivity contribution in [1.82, 2.24) is 4.90 Å². The highest BCUT2D eigenvalue weighted by Crippen LogP contribution is 2.22. The second-order valence-electron chi connectivity index (χ2n) is 4.41. The average Bonchev–Trinajstić information content (AvgIpc) is 2.55. The monoisotopic (exact) mass is 210 g/mol. The zero-order valence-corrected chi connectivity index (χ0v) is 9.78. The second kappa shape index (κ2) is 5.91. The van der Waals surface area contributed by atoms with Crippen molar-refractivity contribution in [2.45, 2.75) is 26.7 Å². The topological polar surface area (TPSA) is 46.3 Å². The molecule has 1 aliphatic rings. The summed E-state index contributed by atoms with van der Waals surface area (Å²) < 4.78 is 0. The molecule has 0 saturated carbocycles. The van der Waals surface area contributed by atoms with Crippen LogP contribution in [0, 0.1) is 11.8 Å². The van der Waals surface area contributed by atoms with E-state index >= 15 is 0 Å². The number of hydrogen-bond donors (Lipinski definition) is 1. The van der Waals surface area contributed by atoms with E-state index in [9.17, 15) is 4.79 Å². The fourth-order valence-corrected chi connectivity index (χ4v) is 2.16. The van der Waals surface area contributed by atoms with E-state index < -0.39 is 0 Å². The second-order valence-corrected chi connectivity index (χ2v) is 4.41. The quantitative estimate of drug-likeness (QED) is 0.697. The minimum Gasteiger partial charge on any atom is -0.369 e. The molecule has 1 saturated heterocycles. The summed E-state index contributed by atoms with van der Waals surface area (Å²) in [6.07, 6.45) is 6.57. The molecule has 86 valence electrons. The van der Waals surface area contributed by atoms with Crippen molar-refractivity contribution in [2.75, 3.05) is 19.6 Å². The number of nitrogens with zero attached hydrogens (tertiary/aromatic N) is 1. The van der Waals surface area contributed by atoms with Crippen LogP contribution in [0.15, 0.2) is 12.2 Å². The Morgan fingerprint density at radius 1 is 1.47 bits per heavy atom. The maximum atomic E-state index is 11.1. The van der Waals surface area contributed by atoms with Crippen molar-refractivity contribution in [3.8, 4) is 0 Å². The molecule has 15 heavy (non-hydrogen) atoms. The molecule has 0 aromatic heterocycles. The van der Waals surface area contributed by atoms with Crippen LogP contribution < -0.4 is 5.73 Å². The van der Waals surface area contributed by atoms with E-state index in [0.717, 1.165) is 32.5 Å². The fourth-order valence-electron chi connectivity index (χ4n) is 2.16. The molecule has 0 radical (unpaired) electrons. The van der Waals surface area contributed by atoms with Gasteiger partial charge in [-0.05, 0) is 18.8 Å². The number of hydrogen-bond acceptors (Lipinski definition) is 2. The predicted molar refractivity (Wildman–Crippen MR) is 62.3 cm³/mol. The van der Waals surface area contributed by atoms with E-state index in [1.807, 2.05) is 0 Å². The van der Waals surface area contributed by atoms with E-state index in [2.05, 4.69) is 30.9 Å². The van der Waals surface area contributed by atoms with Crippen LogP contribution in [0.1, 0.15) is 26.7 Å². The molecule has 1 aliphatic heterocycles. The highest BCUT2D eigenvalue weighted by atomic mass is 16.1. The van der Waals surface area contributed by atoms with Gasteiger partial charge in [0.25, 0.3) is 0 Å². The van der Waals surface area contributed by atoms with Crippen molar-refractivity contribution in [3.05, 3.63) is 12.2 Å². The zero-order chi connectivity index (χ0) is 11.3. The van der Waals surface area contributed by atoms with Gasteiger partial charge in [-0.3, -0.25) is 4.79 Å². The van der Waals surface area contributed by atoms with Gasteiger partial charge in [0.05, 0.1) is 5.92 Å². The molecule has 0 aliphatic carbocycles. The molecule has 2 atom stereocenters. The standard InChI is InChI=1S/C12H22N2O/c1-3-4-5-6-7-14-8-10(2)11(9-14)12(13)15/h4-5,10-11H,3,6-9H2,1-2H3,(H2,13,15)/b5-4+/t10-,11-/m1/s1. The predicted octanol–water partition coefficient (Wildman–Crippen LogP) is 1.40. The SMILES string of the molecule is CC/C=C/CCN1C[C@@H](C)[C@H](C(N)=O)C1. The lowest BCUT2D eigenvalue weighted by molar-refractivity contribution is -0.122. The van der Waals surface area contributed by atoms with Gasteiger partial charge < -0.3 is 10.6 Å². The Bertz CT molecular complexity index is 238. The van der Waals surface area contributed by atoms with Crippen LogP contribution >= 0.6 is 0 Å². The number of primary amides is 1. The summed E-state index contributed by atoms with van der Waals surface area (Å²) in [4.78, 5) is 13.4. The first-order valence-electron chi connectivity index (χ1n) is 5.81. The zero-order valence-electron chi connectivity index (χ0n) is 9.78. The maximum absolute atomic E-state index is 11.1. The summed E-state index contributed by atoms with van der Waals surface area (Å²) in [5.41, 5.74) is 5.35. The third-order valence-corrected chi connectivity index (χ3v) is 3.07. The Labute approximate surface area is 92.3 Å². The third kappa shape index (κ3) is 3.67. The van der Waals surface area contributed by atoms with Crippen LogP contribution in [0.2, 0.25) is 0 Å². The number of allylic oxidation sites excluding steroid dienone is 1. The first-order valence-corrected chi connectivity index (χ1v) is 5.81. The summed E-state index contributed by atoms with van der Waals surface area (Å²) in [5.74, 6) is 0.326. The van der Waals surface area contributed by atoms with Gasteiger partial charge in [0.1, 0.15) is 0 Å². The van der Waals surface area contributed by atoms with Gasteiger partial charge in [-0.1, -0.05) is 26.0 Å². The van der Waals surface area contributed by atoms with E-state index in [1.54, 1.807) is 0 Å². The number of amides is 1. The van der Waals surface area contributed by atoms with Crippen molar-refractivity contribution in [1.29, 1.82) is 0 Å². The minimum atomic E-state index is -0.144. The first kappa shape index (κ1) is 12.2. The Hall–Kier alpha value is -0.830. The molecule has 1 rings (SSSR count). The summed E-state index contributed by atoms with van der Waals surface area (Å²) in [6.45, 7) is 7.14. The molecule has 0 spiro atoms. The van der Waals surface area contributed by atoms with Crippen LogP contribution in [-0.2, 0) is 4.79 Å². The molecule has 3 nitrogen and oxygen atoms in total. The van der Waals surface area contributed by atoms with Crippen molar-refractivity contribution in [2.24, 2.45) is 17.6 Å². The highest BCUT2D eigenvalue weighted by molar-refractivity contribution is 5.77.